The van der Waals surface area contributed by atoms with Gasteiger partial charge in [-0.15, -0.1) is 0 Å². The van der Waals surface area contributed by atoms with Crippen molar-refractivity contribution in [2.45, 2.75) is 23.8 Å². The van der Waals surface area contributed by atoms with Crippen LogP contribution in [-0.4, -0.2) is 31.3 Å². The Kier molecular flexibility index (Phi) is 3.94. The number of sulfonamides is 1. The molecule has 1 aliphatic heterocycles. The van der Waals surface area contributed by atoms with Gasteiger partial charge in [-0.05, 0) is 38.1 Å². The van der Waals surface area contributed by atoms with Gasteiger partial charge in [0.2, 0.25) is 0 Å². The molecule has 1 aliphatic rings. The molecule has 0 spiro atoms. The van der Waals surface area contributed by atoms with Crippen LogP contribution in [0.5, 0.6) is 0 Å². The summed E-state index contributed by atoms with van der Waals surface area (Å²) in [6.45, 7) is 1.94. The molecule has 0 aliphatic carbocycles. The number of aromatic nitrogens is 2. The molecule has 0 saturated carbocycles. The zero-order chi connectivity index (χ0) is 14.7. The second-order valence-electron chi connectivity index (χ2n) is 5.11. The molecule has 21 heavy (non-hydrogen) atoms. The third-order valence-electron chi connectivity index (χ3n) is 3.59. The zero-order valence-corrected chi connectivity index (χ0v) is 12.4. The molecule has 1 aromatic carbocycles. The van der Waals surface area contributed by atoms with Crippen molar-refractivity contribution in [2.24, 2.45) is 0 Å². The van der Waals surface area contributed by atoms with Gasteiger partial charge in [0, 0.05) is 6.20 Å². The molecule has 6 nitrogen and oxygen atoms in total. The first-order valence-corrected chi connectivity index (χ1v) is 8.46. The summed E-state index contributed by atoms with van der Waals surface area (Å²) in [6, 6.07) is 8.66. The van der Waals surface area contributed by atoms with Crippen molar-refractivity contribution in [3.63, 3.8) is 0 Å². The molecule has 1 fully saturated rings. The molecule has 0 atom stereocenters. The van der Waals surface area contributed by atoms with Crippen molar-refractivity contribution in [2.75, 3.05) is 17.8 Å². The second kappa shape index (κ2) is 5.87. The lowest BCUT2D eigenvalue weighted by Gasteiger charge is -2.22. The van der Waals surface area contributed by atoms with Crippen LogP contribution in [0.2, 0.25) is 0 Å². The molecule has 3 rings (SSSR count). The molecule has 0 amide bonds. The first-order valence-electron chi connectivity index (χ1n) is 6.98. The molecule has 112 valence electrons. The van der Waals surface area contributed by atoms with Gasteiger partial charge in [-0.3, -0.25) is 9.40 Å². The molecule has 2 aromatic rings. The molecular formula is C14H18N4O2S. The minimum absolute atomic E-state index is 0.250. The number of anilines is 1. The molecule has 2 N–H and O–H groups in total. The van der Waals surface area contributed by atoms with E-state index in [1.165, 1.54) is 0 Å². The summed E-state index contributed by atoms with van der Waals surface area (Å²) in [5.41, 5.74) is 0.498. The maximum Gasteiger partial charge on any atom is 0.261 e. The highest BCUT2D eigenvalue weighted by Crippen LogP contribution is 2.21. The van der Waals surface area contributed by atoms with Crippen LogP contribution >= 0.6 is 0 Å². The third-order valence-corrected chi connectivity index (χ3v) is 4.99. The van der Waals surface area contributed by atoms with Crippen molar-refractivity contribution in [3.8, 4) is 0 Å². The number of piperidine rings is 1. The van der Waals surface area contributed by atoms with E-state index in [0.29, 0.717) is 11.7 Å². The molecule has 0 bridgehead atoms. The molecular weight excluding hydrogens is 288 g/mol. The number of benzene rings is 1. The van der Waals surface area contributed by atoms with Gasteiger partial charge in [-0.2, -0.15) is 5.10 Å². The summed E-state index contributed by atoms with van der Waals surface area (Å²) in [6.07, 6.45) is 5.33. The van der Waals surface area contributed by atoms with Gasteiger partial charge in [0.1, 0.15) is 0 Å². The number of nitrogens with one attached hydrogen (secondary N) is 2. The standard InChI is InChI=1S/C14H18N4O2S/c19-21(20,14-4-2-1-3-5-14)17-12-10-16-18(11-12)13-6-8-15-9-7-13/h1-5,10-11,13,15,17H,6-9H2. The lowest BCUT2D eigenvalue weighted by atomic mass is 10.1. The lowest BCUT2D eigenvalue weighted by molar-refractivity contribution is 0.343. The Labute approximate surface area is 124 Å². The van der Waals surface area contributed by atoms with Crippen LogP contribution in [0.3, 0.4) is 0 Å². The van der Waals surface area contributed by atoms with E-state index in [1.54, 1.807) is 42.7 Å². The summed E-state index contributed by atoms with van der Waals surface area (Å²) in [4.78, 5) is 0.250. The Balaban J connectivity index is 1.75. The topological polar surface area (TPSA) is 76.0 Å². The van der Waals surface area contributed by atoms with Crippen LogP contribution in [-0.2, 0) is 10.0 Å². The van der Waals surface area contributed by atoms with Crippen LogP contribution < -0.4 is 10.0 Å². The van der Waals surface area contributed by atoms with Crippen LogP contribution in [0.25, 0.3) is 0 Å². The normalized spacial score (nSPS) is 16.8. The maximum absolute atomic E-state index is 12.2. The highest BCUT2D eigenvalue weighted by Gasteiger charge is 2.18. The van der Waals surface area contributed by atoms with E-state index >= 15 is 0 Å². The summed E-state index contributed by atoms with van der Waals surface area (Å²) in [5.74, 6) is 0. The Hall–Kier alpha value is -1.86. The fourth-order valence-corrected chi connectivity index (χ4v) is 3.52. The summed E-state index contributed by atoms with van der Waals surface area (Å²) >= 11 is 0. The van der Waals surface area contributed by atoms with Crippen LogP contribution in [0.1, 0.15) is 18.9 Å². The summed E-state index contributed by atoms with van der Waals surface area (Å²) in [5, 5.41) is 7.58. The van der Waals surface area contributed by atoms with E-state index in [0.717, 1.165) is 25.9 Å². The number of rotatable bonds is 4. The molecule has 0 radical (unpaired) electrons. The van der Waals surface area contributed by atoms with E-state index in [9.17, 15) is 8.42 Å². The highest BCUT2D eigenvalue weighted by molar-refractivity contribution is 7.92. The van der Waals surface area contributed by atoms with Crippen molar-refractivity contribution >= 4 is 15.7 Å². The minimum Gasteiger partial charge on any atom is -0.317 e. The van der Waals surface area contributed by atoms with Crippen LogP contribution in [0.15, 0.2) is 47.6 Å². The van der Waals surface area contributed by atoms with E-state index in [1.807, 2.05) is 4.68 Å². The Morgan fingerprint density at radius 1 is 1.19 bits per heavy atom. The predicted molar refractivity (Wildman–Crippen MR) is 80.6 cm³/mol. The first-order chi connectivity index (χ1) is 10.1. The van der Waals surface area contributed by atoms with Gasteiger partial charge in [-0.25, -0.2) is 8.42 Å². The quantitative estimate of drug-likeness (QED) is 0.900. The maximum atomic E-state index is 12.2. The zero-order valence-electron chi connectivity index (χ0n) is 11.6. The fraction of sp³-hybridized carbons (Fsp3) is 0.357. The van der Waals surface area contributed by atoms with E-state index in [-0.39, 0.29) is 4.90 Å². The van der Waals surface area contributed by atoms with Crippen molar-refractivity contribution in [3.05, 3.63) is 42.7 Å². The van der Waals surface area contributed by atoms with E-state index < -0.39 is 10.0 Å². The van der Waals surface area contributed by atoms with Gasteiger partial charge < -0.3 is 5.32 Å². The lowest BCUT2D eigenvalue weighted by Crippen LogP contribution is -2.29. The van der Waals surface area contributed by atoms with Gasteiger partial charge in [0.15, 0.2) is 0 Å². The summed E-state index contributed by atoms with van der Waals surface area (Å²) in [7, 11) is -3.55. The van der Waals surface area contributed by atoms with Gasteiger partial charge >= 0.3 is 0 Å². The van der Waals surface area contributed by atoms with Crippen molar-refractivity contribution in [1.29, 1.82) is 0 Å². The molecule has 1 saturated heterocycles. The minimum atomic E-state index is -3.55. The van der Waals surface area contributed by atoms with E-state index in [4.69, 9.17) is 0 Å². The Morgan fingerprint density at radius 2 is 1.90 bits per heavy atom. The third kappa shape index (κ3) is 3.25. The Morgan fingerprint density at radius 3 is 2.62 bits per heavy atom. The smallest absolute Gasteiger partial charge is 0.261 e. The van der Waals surface area contributed by atoms with Crippen molar-refractivity contribution in [1.82, 2.24) is 15.1 Å². The number of hydrogen-bond acceptors (Lipinski definition) is 4. The average molecular weight is 306 g/mol. The fourth-order valence-electron chi connectivity index (χ4n) is 2.48. The van der Waals surface area contributed by atoms with Gasteiger partial charge in [0.25, 0.3) is 10.0 Å². The molecule has 0 unspecified atom stereocenters. The highest BCUT2D eigenvalue weighted by atomic mass is 32.2. The largest absolute Gasteiger partial charge is 0.317 e. The van der Waals surface area contributed by atoms with E-state index in [2.05, 4.69) is 15.1 Å². The van der Waals surface area contributed by atoms with Crippen molar-refractivity contribution < 1.29 is 8.42 Å². The number of hydrogen-bond donors (Lipinski definition) is 2. The van der Waals surface area contributed by atoms with Crippen LogP contribution in [0.4, 0.5) is 5.69 Å². The second-order valence-corrected chi connectivity index (χ2v) is 6.79. The molecule has 2 heterocycles. The number of nitrogens with zero attached hydrogens (tertiary/aromatic N) is 2. The first kappa shape index (κ1) is 14.1. The summed E-state index contributed by atoms with van der Waals surface area (Å²) < 4.78 is 28.9. The molecule has 1 aromatic heterocycles. The monoisotopic (exact) mass is 306 g/mol. The SMILES string of the molecule is O=S(=O)(Nc1cnn(C2CCNCC2)c1)c1ccccc1. The predicted octanol–water partition coefficient (Wildman–Crippen LogP) is 1.61. The van der Waals surface area contributed by atoms with Crippen LogP contribution in [0, 0.1) is 0 Å². The average Bonchev–Trinajstić information content (AvgIpc) is 2.97. The molecule has 7 heteroatoms. The Bertz CT molecular complexity index is 691. The van der Waals surface area contributed by atoms with Gasteiger partial charge in [-0.1, -0.05) is 18.2 Å². The van der Waals surface area contributed by atoms with Gasteiger partial charge in [0.05, 0.1) is 22.8 Å².